The van der Waals surface area contributed by atoms with Gasteiger partial charge in [0.1, 0.15) is 5.57 Å². The van der Waals surface area contributed by atoms with Crippen molar-refractivity contribution in [3.05, 3.63) is 71.4 Å². The van der Waals surface area contributed by atoms with E-state index in [4.69, 9.17) is 0 Å². The summed E-state index contributed by atoms with van der Waals surface area (Å²) >= 11 is 0. The molecule has 4 heteroatoms. The number of allylic oxidation sites excluding steroid dienone is 1. The van der Waals surface area contributed by atoms with E-state index in [-0.39, 0.29) is 23.3 Å². The van der Waals surface area contributed by atoms with Gasteiger partial charge in [0.05, 0.1) is 0 Å². The van der Waals surface area contributed by atoms with E-state index in [1.807, 2.05) is 25.1 Å². The third-order valence-corrected chi connectivity index (χ3v) is 6.06. The summed E-state index contributed by atoms with van der Waals surface area (Å²) < 4.78 is 0. The Kier molecular flexibility index (Phi) is 5.03. The number of hydrogen-bond acceptors (Lipinski definition) is 3. The van der Waals surface area contributed by atoms with Gasteiger partial charge in [0.25, 0.3) is 0 Å². The summed E-state index contributed by atoms with van der Waals surface area (Å²) in [7, 11) is 0. The number of carbonyl (C=O) groups excluding carboxylic acids is 1. The van der Waals surface area contributed by atoms with Crippen molar-refractivity contribution in [1.29, 1.82) is 0 Å². The van der Waals surface area contributed by atoms with E-state index >= 15 is 0 Å². The summed E-state index contributed by atoms with van der Waals surface area (Å²) in [6.45, 7) is 2.58. The molecule has 4 rings (SSSR count). The normalized spacial score (nSPS) is 21.8. The first-order valence-corrected chi connectivity index (χ1v) is 10.0. The van der Waals surface area contributed by atoms with E-state index in [0.717, 1.165) is 30.4 Å². The first-order chi connectivity index (χ1) is 13.6. The van der Waals surface area contributed by atoms with Crippen molar-refractivity contribution in [3.63, 3.8) is 0 Å². The van der Waals surface area contributed by atoms with Crippen LogP contribution < -0.4 is 0 Å². The summed E-state index contributed by atoms with van der Waals surface area (Å²) in [5.41, 5.74) is 4.17. The number of aliphatic carboxylic acids is 1. The summed E-state index contributed by atoms with van der Waals surface area (Å²) in [6.07, 6.45) is 3.28. The van der Waals surface area contributed by atoms with Crippen molar-refractivity contribution in [2.75, 3.05) is 0 Å². The lowest BCUT2D eigenvalue weighted by molar-refractivity contribution is -0.136. The SMILES string of the molecule is CCC1=C(C(=O)O)C(=O)C2CCCC2N1Cc1ccc(-c2ccccc2)cc1. The predicted molar refractivity (Wildman–Crippen MR) is 109 cm³/mol. The number of fused-ring (bicyclic) bond motifs is 1. The van der Waals surface area contributed by atoms with Crippen molar-refractivity contribution < 1.29 is 14.7 Å². The number of nitrogens with zero attached hydrogens (tertiary/aromatic N) is 1. The molecule has 1 saturated carbocycles. The lowest BCUT2D eigenvalue weighted by Crippen LogP contribution is -2.46. The Balaban J connectivity index is 1.65. The molecule has 0 bridgehead atoms. The summed E-state index contributed by atoms with van der Waals surface area (Å²) in [5, 5.41) is 9.67. The van der Waals surface area contributed by atoms with Gasteiger partial charge in [-0.15, -0.1) is 0 Å². The number of Topliss-reactive ketones (excluding diaryl/α,β-unsaturated/α-hetero) is 1. The van der Waals surface area contributed by atoms with Gasteiger partial charge in [-0.3, -0.25) is 4.79 Å². The Morgan fingerprint density at radius 3 is 2.36 bits per heavy atom. The second-order valence-corrected chi connectivity index (χ2v) is 7.64. The third-order valence-electron chi connectivity index (χ3n) is 6.06. The molecule has 0 saturated heterocycles. The van der Waals surface area contributed by atoms with Gasteiger partial charge in [0, 0.05) is 24.2 Å². The average Bonchev–Trinajstić information content (AvgIpc) is 3.21. The lowest BCUT2D eigenvalue weighted by Gasteiger charge is -2.40. The zero-order chi connectivity index (χ0) is 19.7. The molecule has 0 aromatic heterocycles. The van der Waals surface area contributed by atoms with E-state index in [9.17, 15) is 14.7 Å². The van der Waals surface area contributed by atoms with Gasteiger partial charge in [0.15, 0.2) is 5.78 Å². The topological polar surface area (TPSA) is 57.6 Å². The van der Waals surface area contributed by atoms with E-state index in [2.05, 4.69) is 41.3 Å². The number of carboxylic acids is 1. The fraction of sp³-hybridized carbons (Fsp3) is 0.333. The molecule has 0 spiro atoms. The molecule has 2 aromatic carbocycles. The van der Waals surface area contributed by atoms with Crippen molar-refractivity contribution >= 4 is 11.8 Å². The van der Waals surface area contributed by atoms with Crippen LogP contribution in [-0.4, -0.2) is 27.8 Å². The zero-order valence-electron chi connectivity index (χ0n) is 16.1. The molecule has 2 unspecified atom stereocenters. The maximum atomic E-state index is 12.8. The molecule has 144 valence electrons. The van der Waals surface area contributed by atoms with Gasteiger partial charge < -0.3 is 10.0 Å². The smallest absolute Gasteiger partial charge is 0.341 e. The minimum atomic E-state index is -1.09. The highest BCUT2D eigenvalue weighted by atomic mass is 16.4. The van der Waals surface area contributed by atoms with Crippen LogP contribution in [0.3, 0.4) is 0 Å². The van der Waals surface area contributed by atoms with Gasteiger partial charge in [-0.1, -0.05) is 67.9 Å². The average molecular weight is 375 g/mol. The van der Waals surface area contributed by atoms with Crippen LogP contribution in [0.25, 0.3) is 11.1 Å². The highest BCUT2D eigenvalue weighted by Crippen LogP contribution is 2.41. The molecule has 28 heavy (non-hydrogen) atoms. The molecule has 1 aliphatic heterocycles. The van der Waals surface area contributed by atoms with Crippen molar-refractivity contribution in [2.24, 2.45) is 5.92 Å². The molecule has 2 aliphatic rings. The zero-order valence-corrected chi connectivity index (χ0v) is 16.1. The minimum absolute atomic E-state index is 0.00607. The van der Waals surface area contributed by atoms with Gasteiger partial charge >= 0.3 is 5.97 Å². The summed E-state index contributed by atoms with van der Waals surface area (Å²) in [5.74, 6) is -1.43. The number of carboxylic acid groups (broad SMARTS) is 1. The first kappa shape index (κ1) is 18.5. The lowest BCUT2D eigenvalue weighted by atomic mass is 9.85. The number of hydrogen-bond donors (Lipinski definition) is 1. The number of rotatable bonds is 5. The van der Waals surface area contributed by atoms with Gasteiger partial charge in [-0.25, -0.2) is 4.79 Å². The van der Waals surface area contributed by atoms with Crippen LogP contribution in [0.4, 0.5) is 0 Å². The van der Waals surface area contributed by atoms with Crippen LogP contribution in [0.15, 0.2) is 65.9 Å². The summed E-state index contributed by atoms with van der Waals surface area (Å²) in [4.78, 5) is 26.8. The van der Waals surface area contributed by atoms with Crippen molar-refractivity contribution in [2.45, 2.75) is 45.2 Å². The first-order valence-electron chi connectivity index (χ1n) is 10.0. The predicted octanol–water partition coefficient (Wildman–Crippen LogP) is 4.66. The quantitative estimate of drug-likeness (QED) is 0.773. The molecule has 2 atom stereocenters. The monoisotopic (exact) mass is 375 g/mol. The fourth-order valence-electron chi connectivity index (χ4n) is 4.74. The maximum Gasteiger partial charge on any atom is 0.341 e. The Labute approximate surface area is 165 Å². The molecule has 2 aromatic rings. The van der Waals surface area contributed by atoms with Crippen LogP contribution >= 0.6 is 0 Å². The highest BCUT2D eigenvalue weighted by Gasteiger charge is 2.45. The summed E-state index contributed by atoms with van der Waals surface area (Å²) in [6, 6.07) is 18.8. The van der Waals surface area contributed by atoms with E-state index in [0.29, 0.717) is 18.7 Å². The molecule has 1 heterocycles. The standard InChI is InChI=1S/C24H25NO3/c1-2-20-22(24(27)28)23(26)19-9-6-10-21(19)25(20)15-16-11-13-18(14-12-16)17-7-4-3-5-8-17/h3-5,7-8,11-14,19,21H,2,6,9-10,15H2,1H3,(H,27,28). The van der Waals surface area contributed by atoms with Crippen LogP contribution in [0.5, 0.6) is 0 Å². The van der Waals surface area contributed by atoms with Crippen LogP contribution in [0.2, 0.25) is 0 Å². The van der Waals surface area contributed by atoms with Crippen LogP contribution in [-0.2, 0) is 16.1 Å². The largest absolute Gasteiger partial charge is 0.477 e. The maximum absolute atomic E-state index is 12.8. The van der Waals surface area contributed by atoms with Crippen LogP contribution in [0.1, 0.15) is 38.2 Å². The minimum Gasteiger partial charge on any atom is -0.477 e. The van der Waals surface area contributed by atoms with E-state index in [1.165, 1.54) is 5.56 Å². The Bertz CT molecular complexity index is 915. The molecule has 1 aliphatic carbocycles. The van der Waals surface area contributed by atoms with E-state index < -0.39 is 5.97 Å². The Hall–Kier alpha value is -2.88. The van der Waals surface area contributed by atoms with Crippen LogP contribution in [0, 0.1) is 5.92 Å². The number of ketones is 1. The van der Waals surface area contributed by atoms with E-state index in [1.54, 1.807) is 0 Å². The Morgan fingerprint density at radius 1 is 1.04 bits per heavy atom. The van der Waals surface area contributed by atoms with Gasteiger partial charge in [-0.05, 0) is 36.0 Å². The highest BCUT2D eigenvalue weighted by molar-refractivity contribution is 6.18. The number of carbonyl (C=O) groups is 2. The molecular formula is C24H25NO3. The second kappa shape index (κ2) is 7.63. The Morgan fingerprint density at radius 2 is 1.71 bits per heavy atom. The molecule has 4 nitrogen and oxygen atoms in total. The third kappa shape index (κ3) is 3.24. The molecular weight excluding hydrogens is 350 g/mol. The van der Waals surface area contributed by atoms with Crippen molar-refractivity contribution in [1.82, 2.24) is 4.90 Å². The molecule has 1 N–H and O–H groups in total. The van der Waals surface area contributed by atoms with Gasteiger partial charge in [0.2, 0.25) is 0 Å². The molecule has 0 amide bonds. The molecule has 0 radical (unpaired) electrons. The number of benzene rings is 2. The van der Waals surface area contributed by atoms with Gasteiger partial charge in [-0.2, -0.15) is 0 Å². The second-order valence-electron chi connectivity index (χ2n) is 7.64. The van der Waals surface area contributed by atoms with Crippen molar-refractivity contribution in [3.8, 4) is 11.1 Å². The fourth-order valence-corrected chi connectivity index (χ4v) is 4.74. The molecule has 1 fully saturated rings.